The summed E-state index contributed by atoms with van der Waals surface area (Å²) in [5.74, 6) is 5.84. The Balaban J connectivity index is 2.22. The molecule has 0 fully saturated rings. The van der Waals surface area contributed by atoms with Gasteiger partial charge in [-0.05, 0) is 49.7 Å². The quantitative estimate of drug-likeness (QED) is 0.583. The van der Waals surface area contributed by atoms with Crippen molar-refractivity contribution in [1.82, 2.24) is 0 Å². The molecule has 0 saturated heterocycles. The van der Waals surface area contributed by atoms with E-state index >= 15 is 0 Å². The zero-order chi connectivity index (χ0) is 15.2. The Morgan fingerprint density at radius 2 is 2.00 bits per heavy atom. The van der Waals surface area contributed by atoms with Crippen LogP contribution in [0.15, 0.2) is 42.5 Å². The van der Waals surface area contributed by atoms with Crippen LogP contribution in [0.1, 0.15) is 22.8 Å². The lowest BCUT2D eigenvalue weighted by atomic mass is 10.1. The van der Waals surface area contributed by atoms with Crippen molar-refractivity contribution in [2.45, 2.75) is 13.8 Å². The number of para-hydroxylation sites is 2. The summed E-state index contributed by atoms with van der Waals surface area (Å²) >= 11 is 0. The second kappa shape index (κ2) is 6.76. The molecule has 0 spiro atoms. The average Bonchev–Trinajstić information content (AvgIpc) is 2.49. The van der Waals surface area contributed by atoms with E-state index in [4.69, 9.17) is 10.6 Å². The first-order valence-electron chi connectivity index (χ1n) is 6.76. The Labute approximate surface area is 124 Å². The molecule has 5 nitrogen and oxygen atoms in total. The summed E-state index contributed by atoms with van der Waals surface area (Å²) in [6, 6.07) is 12.7. The second-order valence-electron chi connectivity index (χ2n) is 4.56. The fraction of sp³-hybridized carbons (Fsp3) is 0.188. The van der Waals surface area contributed by atoms with Crippen LogP contribution in [-0.4, -0.2) is 12.5 Å². The monoisotopic (exact) mass is 285 g/mol. The van der Waals surface area contributed by atoms with E-state index in [-0.39, 0.29) is 5.91 Å². The highest BCUT2D eigenvalue weighted by atomic mass is 16.5. The van der Waals surface area contributed by atoms with E-state index < -0.39 is 0 Å². The second-order valence-corrected chi connectivity index (χ2v) is 4.56. The summed E-state index contributed by atoms with van der Waals surface area (Å²) in [4.78, 5) is 12.4. The van der Waals surface area contributed by atoms with E-state index in [1.54, 1.807) is 12.1 Å². The molecule has 2 aromatic carbocycles. The number of aryl methyl sites for hydroxylation is 1. The topological polar surface area (TPSA) is 76.4 Å². The van der Waals surface area contributed by atoms with E-state index in [9.17, 15) is 4.79 Å². The smallest absolute Gasteiger partial charge is 0.256 e. The van der Waals surface area contributed by atoms with E-state index in [0.717, 1.165) is 11.3 Å². The van der Waals surface area contributed by atoms with Gasteiger partial charge in [0, 0.05) is 11.3 Å². The number of hydrazine groups is 1. The molecule has 4 N–H and O–H groups in total. The SMILES string of the molecule is CCOc1ccccc1NC(=O)c1ccc(NN)cc1C. The number of carbonyl (C=O) groups is 1. The van der Waals surface area contributed by atoms with E-state index in [1.807, 2.05) is 44.2 Å². The lowest BCUT2D eigenvalue weighted by Crippen LogP contribution is -2.15. The first kappa shape index (κ1) is 14.9. The fourth-order valence-electron chi connectivity index (χ4n) is 2.05. The van der Waals surface area contributed by atoms with Crippen LogP contribution < -0.4 is 21.3 Å². The summed E-state index contributed by atoms with van der Waals surface area (Å²) < 4.78 is 5.50. The molecule has 0 bridgehead atoms. The minimum atomic E-state index is -0.178. The summed E-state index contributed by atoms with van der Waals surface area (Å²) in [5, 5.41) is 2.87. The molecule has 0 heterocycles. The summed E-state index contributed by atoms with van der Waals surface area (Å²) in [5.41, 5.74) is 5.42. The maximum absolute atomic E-state index is 12.4. The van der Waals surface area contributed by atoms with Crippen molar-refractivity contribution >= 4 is 17.3 Å². The third-order valence-corrected chi connectivity index (χ3v) is 3.07. The first-order chi connectivity index (χ1) is 10.2. The van der Waals surface area contributed by atoms with Crippen molar-refractivity contribution in [2.75, 3.05) is 17.3 Å². The van der Waals surface area contributed by atoms with Crippen LogP contribution in [0.25, 0.3) is 0 Å². The third-order valence-electron chi connectivity index (χ3n) is 3.07. The molecule has 0 aliphatic rings. The molecule has 0 aliphatic carbocycles. The number of ether oxygens (including phenoxy) is 1. The van der Waals surface area contributed by atoms with Crippen LogP contribution >= 0.6 is 0 Å². The van der Waals surface area contributed by atoms with Gasteiger partial charge in [-0.25, -0.2) is 0 Å². The molecule has 21 heavy (non-hydrogen) atoms. The summed E-state index contributed by atoms with van der Waals surface area (Å²) in [6.45, 7) is 4.31. The Bertz CT molecular complexity index is 641. The molecular weight excluding hydrogens is 266 g/mol. The number of carbonyl (C=O) groups excluding carboxylic acids is 1. The van der Waals surface area contributed by atoms with Gasteiger partial charge in [0.2, 0.25) is 0 Å². The van der Waals surface area contributed by atoms with Gasteiger partial charge in [-0.15, -0.1) is 0 Å². The Kier molecular flexibility index (Phi) is 4.79. The van der Waals surface area contributed by atoms with Crippen LogP contribution in [-0.2, 0) is 0 Å². The lowest BCUT2D eigenvalue weighted by molar-refractivity contribution is 0.102. The van der Waals surface area contributed by atoms with E-state index in [0.29, 0.717) is 23.6 Å². The van der Waals surface area contributed by atoms with Gasteiger partial charge in [0.25, 0.3) is 5.91 Å². The normalized spacial score (nSPS) is 10.0. The predicted molar refractivity (Wildman–Crippen MR) is 84.6 cm³/mol. The highest BCUT2D eigenvalue weighted by molar-refractivity contribution is 6.06. The minimum absolute atomic E-state index is 0.178. The number of rotatable bonds is 5. The molecule has 5 heteroatoms. The summed E-state index contributed by atoms with van der Waals surface area (Å²) in [6.07, 6.45) is 0. The van der Waals surface area contributed by atoms with E-state index in [1.165, 1.54) is 0 Å². The van der Waals surface area contributed by atoms with Crippen LogP contribution in [0.2, 0.25) is 0 Å². The molecular formula is C16H19N3O2. The fourth-order valence-corrected chi connectivity index (χ4v) is 2.05. The van der Waals surface area contributed by atoms with Gasteiger partial charge in [-0.2, -0.15) is 0 Å². The summed E-state index contributed by atoms with van der Waals surface area (Å²) in [7, 11) is 0. The maximum atomic E-state index is 12.4. The average molecular weight is 285 g/mol. The van der Waals surface area contributed by atoms with Crippen LogP contribution in [0.5, 0.6) is 5.75 Å². The number of hydrogen-bond donors (Lipinski definition) is 3. The van der Waals surface area contributed by atoms with Crippen molar-refractivity contribution in [3.8, 4) is 5.75 Å². The molecule has 0 atom stereocenters. The Morgan fingerprint density at radius 1 is 1.24 bits per heavy atom. The van der Waals surface area contributed by atoms with Crippen molar-refractivity contribution in [3.63, 3.8) is 0 Å². The molecule has 2 aromatic rings. The molecule has 0 aromatic heterocycles. The molecule has 110 valence electrons. The number of nitrogen functional groups attached to an aromatic ring is 1. The zero-order valence-electron chi connectivity index (χ0n) is 12.1. The van der Waals surface area contributed by atoms with E-state index in [2.05, 4.69) is 10.7 Å². The first-order valence-corrected chi connectivity index (χ1v) is 6.76. The number of benzene rings is 2. The highest BCUT2D eigenvalue weighted by Crippen LogP contribution is 2.25. The van der Waals surface area contributed by atoms with Crippen LogP contribution in [0.4, 0.5) is 11.4 Å². The third kappa shape index (κ3) is 3.52. The number of amides is 1. The highest BCUT2D eigenvalue weighted by Gasteiger charge is 2.12. The van der Waals surface area contributed by atoms with Gasteiger partial charge in [0.15, 0.2) is 0 Å². The van der Waals surface area contributed by atoms with Crippen LogP contribution in [0, 0.1) is 6.92 Å². The largest absolute Gasteiger partial charge is 0.492 e. The number of anilines is 2. The van der Waals surface area contributed by atoms with Gasteiger partial charge < -0.3 is 15.5 Å². The molecule has 0 unspecified atom stereocenters. The molecule has 1 amide bonds. The number of nitrogens with one attached hydrogen (secondary N) is 2. The Morgan fingerprint density at radius 3 is 2.67 bits per heavy atom. The lowest BCUT2D eigenvalue weighted by Gasteiger charge is -2.12. The van der Waals surface area contributed by atoms with Gasteiger partial charge in [-0.3, -0.25) is 10.6 Å². The molecule has 0 aliphatic heterocycles. The zero-order valence-corrected chi connectivity index (χ0v) is 12.1. The van der Waals surface area contributed by atoms with Crippen molar-refractivity contribution < 1.29 is 9.53 Å². The number of hydrogen-bond acceptors (Lipinski definition) is 4. The van der Waals surface area contributed by atoms with Crippen molar-refractivity contribution in [1.29, 1.82) is 0 Å². The molecule has 2 rings (SSSR count). The van der Waals surface area contributed by atoms with Crippen LogP contribution in [0.3, 0.4) is 0 Å². The standard InChI is InChI=1S/C16H19N3O2/c1-3-21-15-7-5-4-6-14(15)18-16(20)13-9-8-12(19-17)10-11(13)2/h4-10,19H,3,17H2,1-2H3,(H,18,20). The maximum Gasteiger partial charge on any atom is 0.256 e. The van der Waals surface area contributed by atoms with Gasteiger partial charge in [-0.1, -0.05) is 12.1 Å². The van der Waals surface area contributed by atoms with Gasteiger partial charge >= 0.3 is 0 Å². The van der Waals surface area contributed by atoms with Gasteiger partial charge in [0.1, 0.15) is 5.75 Å². The molecule has 0 saturated carbocycles. The van der Waals surface area contributed by atoms with Crippen molar-refractivity contribution in [2.24, 2.45) is 5.84 Å². The number of nitrogens with two attached hydrogens (primary N) is 1. The van der Waals surface area contributed by atoms with Crippen molar-refractivity contribution in [3.05, 3.63) is 53.6 Å². The predicted octanol–water partition coefficient (Wildman–Crippen LogP) is 2.93. The minimum Gasteiger partial charge on any atom is -0.492 e. The van der Waals surface area contributed by atoms with Gasteiger partial charge in [0.05, 0.1) is 12.3 Å². The molecule has 0 radical (unpaired) electrons. The Hall–Kier alpha value is -2.53.